The zero-order valence-corrected chi connectivity index (χ0v) is 10.6. The average Bonchev–Trinajstić information content (AvgIpc) is 2.31. The summed E-state index contributed by atoms with van der Waals surface area (Å²) in [5.41, 5.74) is 0.875. The molecule has 17 heavy (non-hydrogen) atoms. The Morgan fingerprint density at radius 3 is 2.53 bits per heavy atom. The van der Waals surface area contributed by atoms with Gasteiger partial charge in [-0.3, -0.25) is 0 Å². The molecule has 1 unspecified atom stereocenters. The van der Waals surface area contributed by atoms with Crippen molar-refractivity contribution in [1.29, 1.82) is 0 Å². The molecule has 1 aromatic carbocycles. The van der Waals surface area contributed by atoms with Crippen molar-refractivity contribution in [2.45, 2.75) is 33.1 Å². The van der Waals surface area contributed by atoms with Crippen LogP contribution in [0.3, 0.4) is 0 Å². The monoisotopic (exact) mass is 241 g/mol. The molecule has 0 aromatic heterocycles. The van der Waals surface area contributed by atoms with E-state index in [1.165, 1.54) is 12.1 Å². The van der Waals surface area contributed by atoms with E-state index < -0.39 is 11.6 Å². The molecule has 0 spiro atoms. The summed E-state index contributed by atoms with van der Waals surface area (Å²) >= 11 is 0. The van der Waals surface area contributed by atoms with Crippen LogP contribution in [0.4, 0.5) is 8.78 Å². The van der Waals surface area contributed by atoms with Gasteiger partial charge in [-0.05, 0) is 49.5 Å². The van der Waals surface area contributed by atoms with E-state index in [1.807, 2.05) is 0 Å². The number of rotatable bonds is 7. The minimum atomic E-state index is -0.771. The second-order valence-corrected chi connectivity index (χ2v) is 4.41. The maximum atomic E-state index is 13.1. The summed E-state index contributed by atoms with van der Waals surface area (Å²) in [6.07, 6.45) is 3.02. The molecule has 0 amide bonds. The molecule has 0 aliphatic rings. The first-order valence-corrected chi connectivity index (χ1v) is 6.32. The summed E-state index contributed by atoms with van der Waals surface area (Å²) in [5, 5.41) is 3.31. The lowest BCUT2D eigenvalue weighted by Gasteiger charge is -2.16. The highest BCUT2D eigenvalue weighted by atomic mass is 19.2. The van der Waals surface area contributed by atoms with Gasteiger partial charge in [0, 0.05) is 0 Å². The van der Waals surface area contributed by atoms with Crippen molar-refractivity contribution < 1.29 is 8.78 Å². The zero-order chi connectivity index (χ0) is 12.7. The van der Waals surface area contributed by atoms with Crippen LogP contribution in [-0.2, 0) is 6.42 Å². The van der Waals surface area contributed by atoms with E-state index in [9.17, 15) is 8.78 Å². The lowest BCUT2D eigenvalue weighted by Crippen LogP contribution is -2.24. The Kier molecular flexibility index (Phi) is 6.12. The normalized spacial score (nSPS) is 12.7. The van der Waals surface area contributed by atoms with Crippen LogP contribution in [0.15, 0.2) is 18.2 Å². The minimum absolute atomic E-state index is 0.491. The van der Waals surface area contributed by atoms with E-state index >= 15 is 0 Å². The summed E-state index contributed by atoms with van der Waals surface area (Å²) in [4.78, 5) is 0. The maximum Gasteiger partial charge on any atom is 0.159 e. The summed E-state index contributed by atoms with van der Waals surface area (Å²) in [6, 6.07) is 4.19. The minimum Gasteiger partial charge on any atom is -0.317 e. The molecule has 1 N–H and O–H groups in total. The summed E-state index contributed by atoms with van der Waals surface area (Å²) in [5.74, 6) is -1.03. The quantitative estimate of drug-likeness (QED) is 0.770. The van der Waals surface area contributed by atoms with E-state index in [1.54, 1.807) is 6.07 Å². The smallest absolute Gasteiger partial charge is 0.159 e. The Labute approximate surface area is 102 Å². The van der Waals surface area contributed by atoms with Gasteiger partial charge in [-0.15, -0.1) is 0 Å². The molecule has 0 saturated heterocycles. The summed E-state index contributed by atoms with van der Waals surface area (Å²) in [7, 11) is 0. The van der Waals surface area contributed by atoms with Crippen LogP contribution in [0.2, 0.25) is 0 Å². The summed E-state index contributed by atoms with van der Waals surface area (Å²) < 4.78 is 25.9. The van der Waals surface area contributed by atoms with Crippen molar-refractivity contribution in [2.75, 3.05) is 13.1 Å². The maximum absolute atomic E-state index is 13.1. The van der Waals surface area contributed by atoms with Gasteiger partial charge in [0.05, 0.1) is 0 Å². The zero-order valence-electron chi connectivity index (χ0n) is 10.6. The van der Waals surface area contributed by atoms with E-state index in [2.05, 4.69) is 19.2 Å². The number of hydrogen-bond acceptors (Lipinski definition) is 1. The molecule has 0 aliphatic carbocycles. The number of nitrogens with one attached hydrogen (secondary N) is 1. The van der Waals surface area contributed by atoms with Gasteiger partial charge in [0.2, 0.25) is 0 Å². The number of benzene rings is 1. The molecular weight excluding hydrogens is 220 g/mol. The second-order valence-electron chi connectivity index (χ2n) is 4.41. The predicted molar refractivity (Wildman–Crippen MR) is 67.0 cm³/mol. The van der Waals surface area contributed by atoms with Gasteiger partial charge in [-0.2, -0.15) is 0 Å². The van der Waals surface area contributed by atoms with Crippen molar-refractivity contribution in [3.63, 3.8) is 0 Å². The van der Waals surface area contributed by atoms with Crippen molar-refractivity contribution >= 4 is 0 Å². The van der Waals surface area contributed by atoms with Crippen LogP contribution in [-0.4, -0.2) is 13.1 Å². The van der Waals surface area contributed by atoms with Crippen molar-refractivity contribution in [2.24, 2.45) is 5.92 Å². The van der Waals surface area contributed by atoms with Crippen LogP contribution in [0.5, 0.6) is 0 Å². The highest BCUT2D eigenvalue weighted by Crippen LogP contribution is 2.16. The molecule has 0 bridgehead atoms. The van der Waals surface area contributed by atoms with Crippen LogP contribution >= 0.6 is 0 Å². The SMILES string of the molecule is CCCC(CNCC)Cc1ccc(F)c(F)c1. The lowest BCUT2D eigenvalue weighted by atomic mass is 9.95. The van der Waals surface area contributed by atoms with E-state index in [0.717, 1.165) is 37.9 Å². The van der Waals surface area contributed by atoms with E-state index in [-0.39, 0.29) is 0 Å². The molecule has 0 saturated carbocycles. The van der Waals surface area contributed by atoms with E-state index in [4.69, 9.17) is 0 Å². The predicted octanol–water partition coefficient (Wildman–Crippen LogP) is 3.53. The molecule has 0 radical (unpaired) electrons. The molecule has 96 valence electrons. The van der Waals surface area contributed by atoms with Crippen molar-refractivity contribution in [3.8, 4) is 0 Å². The first kappa shape index (κ1) is 14.1. The molecule has 0 heterocycles. The first-order chi connectivity index (χ1) is 8.17. The Balaban J connectivity index is 2.61. The van der Waals surface area contributed by atoms with Gasteiger partial charge in [0.15, 0.2) is 11.6 Å². The fourth-order valence-electron chi connectivity index (χ4n) is 2.03. The van der Waals surface area contributed by atoms with Gasteiger partial charge in [0.25, 0.3) is 0 Å². The Morgan fingerprint density at radius 1 is 1.18 bits per heavy atom. The molecule has 0 fully saturated rings. The third-order valence-electron chi connectivity index (χ3n) is 2.89. The van der Waals surface area contributed by atoms with Crippen LogP contribution in [0, 0.1) is 17.6 Å². The van der Waals surface area contributed by atoms with Crippen LogP contribution in [0.25, 0.3) is 0 Å². The van der Waals surface area contributed by atoms with Gasteiger partial charge in [-0.1, -0.05) is 26.3 Å². The Morgan fingerprint density at radius 2 is 1.94 bits per heavy atom. The van der Waals surface area contributed by atoms with Gasteiger partial charge >= 0.3 is 0 Å². The van der Waals surface area contributed by atoms with Crippen LogP contribution in [0.1, 0.15) is 32.3 Å². The Bertz CT molecular complexity index is 339. The van der Waals surface area contributed by atoms with Crippen LogP contribution < -0.4 is 5.32 Å². The number of hydrogen-bond donors (Lipinski definition) is 1. The molecule has 3 heteroatoms. The fourth-order valence-corrected chi connectivity index (χ4v) is 2.03. The molecule has 1 atom stereocenters. The molecule has 1 aromatic rings. The fraction of sp³-hybridized carbons (Fsp3) is 0.571. The molecular formula is C14H21F2N. The molecule has 1 rings (SSSR count). The largest absolute Gasteiger partial charge is 0.317 e. The third-order valence-corrected chi connectivity index (χ3v) is 2.89. The lowest BCUT2D eigenvalue weighted by molar-refractivity contribution is 0.441. The standard InChI is InChI=1S/C14H21F2N/c1-3-5-12(10-17-4-2)8-11-6-7-13(15)14(16)9-11/h6-7,9,12,17H,3-5,8,10H2,1-2H3. The highest BCUT2D eigenvalue weighted by Gasteiger charge is 2.10. The van der Waals surface area contributed by atoms with Crippen molar-refractivity contribution in [1.82, 2.24) is 5.32 Å². The third kappa shape index (κ3) is 4.82. The van der Waals surface area contributed by atoms with Gasteiger partial charge in [-0.25, -0.2) is 8.78 Å². The summed E-state index contributed by atoms with van der Waals surface area (Å²) in [6.45, 7) is 6.09. The highest BCUT2D eigenvalue weighted by molar-refractivity contribution is 5.18. The Hall–Kier alpha value is -0.960. The topological polar surface area (TPSA) is 12.0 Å². The molecule has 1 nitrogen and oxygen atoms in total. The van der Waals surface area contributed by atoms with Gasteiger partial charge in [0.1, 0.15) is 0 Å². The van der Waals surface area contributed by atoms with Gasteiger partial charge < -0.3 is 5.32 Å². The number of halogens is 2. The van der Waals surface area contributed by atoms with Crippen molar-refractivity contribution in [3.05, 3.63) is 35.4 Å². The average molecular weight is 241 g/mol. The van der Waals surface area contributed by atoms with E-state index in [0.29, 0.717) is 5.92 Å². The molecule has 0 aliphatic heterocycles. The second kappa shape index (κ2) is 7.38. The first-order valence-electron chi connectivity index (χ1n) is 6.32.